The molecule has 20 heavy (non-hydrogen) atoms. The van der Waals surface area contributed by atoms with E-state index >= 15 is 0 Å². The number of rotatable bonds is 5. The predicted octanol–water partition coefficient (Wildman–Crippen LogP) is 1.40. The van der Waals surface area contributed by atoms with E-state index in [0.717, 1.165) is 39.3 Å². The first-order valence-electron chi connectivity index (χ1n) is 7.77. The molecule has 1 fully saturated rings. The van der Waals surface area contributed by atoms with Crippen molar-refractivity contribution in [2.75, 3.05) is 53.4 Å². The molecule has 0 bridgehead atoms. The largest absolute Gasteiger partial charge is 0.325 e. The third-order valence-electron chi connectivity index (χ3n) is 4.37. The van der Waals surface area contributed by atoms with Crippen molar-refractivity contribution in [3.8, 4) is 0 Å². The first-order valence-corrected chi connectivity index (χ1v) is 7.77. The first kappa shape index (κ1) is 17.2. The highest BCUT2D eigenvalue weighted by Crippen LogP contribution is 2.07. The molecule has 1 aliphatic heterocycles. The van der Waals surface area contributed by atoms with Gasteiger partial charge in [0.05, 0.1) is 0 Å². The molecular formula is C15H32N4O. The first-order chi connectivity index (χ1) is 9.32. The van der Waals surface area contributed by atoms with Gasteiger partial charge < -0.3 is 14.7 Å². The zero-order chi connectivity index (χ0) is 15.3. The van der Waals surface area contributed by atoms with Crippen LogP contribution in [-0.4, -0.2) is 91.1 Å². The van der Waals surface area contributed by atoms with Crippen molar-refractivity contribution in [2.24, 2.45) is 0 Å². The lowest BCUT2D eigenvalue weighted by atomic mass is 10.3. The van der Waals surface area contributed by atoms with E-state index in [1.807, 2.05) is 16.8 Å². The van der Waals surface area contributed by atoms with Crippen molar-refractivity contribution < 1.29 is 4.79 Å². The van der Waals surface area contributed by atoms with Crippen LogP contribution in [0.3, 0.4) is 0 Å². The molecule has 1 heterocycles. The lowest BCUT2D eigenvalue weighted by Gasteiger charge is -2.38. The average molecular weight is 284 g/mol. The van der Waals surface area contributed by atoms with Crippen molar-refractivity contribution in [1.29, 1.82) is 0 Å². The molecule has 0 N–H and O–H groups in total. The van der Waals surface area contributed by atoms with E-state index in [-0.39, 0.29) is 12.1 Å². The zero-order valence-corrected chi connectivity index (χ0v) is 14.1. The summed E-state index contributed by atoms with van der Waals surface area (Å²) >= 11 is 0. The molecule has 0 saturated carbocycles. The standard InChI is InChI=1S/C15H32N4O/c1-13(2)16(5)7-8-18-9-11-19(12-10-18)15(20)17(6)14(3)4/h13-14H,7-12H2,1-6H3. The summed E-state index contributed by atoms with van der Waals surface area (Å²) in [5, 5.41) is 0. The second-order valence-electron chi connectivity index (χ2n) is 6.39. The van der Waals surface area contributed by atoms with Crippen LogP contribution in [0.1, 0.15) is 27.7 Å². The fourth-order valence-electron chi connectivity index (χ4n) is 2.16. The maximum absolute atomic E-state index is 12.2. The van der Waals surface area contributed by atoms with E-state index in [9.17, 15) is 4.79 Å². The Kier molecular flexibility index (Phi) is 6.76. The topological polar surface area (TPSA) is 30.0 Å². The summed E-state index contributed by atoms with van der Waals surface area (Å²) in [4.78, 5) is 20.8. The second kappa shape index (κ2) is 7.84. The van der Waals surface area contributed by atoms with Gasteiger partial charge in [0.25, 0.3) is 0 Å². The predicted molar refractivity (Wildman–Crippen MR) is 84.1 cm³/mol. The van der Waals surface area contributed by atoms with Crippen molar-refractivity contribution in [2.45, 2.75) is 39.8 Å². The van der Waals surface area contributed by atoms with Crippen molar-refractivity contribution in [3.05, 3.63) is 0 Å². The number of hydrogen-bond donors (Lipinski definition) is 0. The number of carbonyl (C=O) groups is 1. The maximum Gasteiger partial charge on any atom is 0.320 e. The highest BCUT2D eigenvalue weighted by Gasteiger charge is 2.24. The van der Waals surface area contributed by atoms with E-state index in [1.165, 1.54) is 0 Å². The molecule has 5 nitrogen and oxygen atoms in total. The van der Waals surface area contributed by atoms with Crippen LogP contribution in [0.4, 0.5) is 4.79 Å². The molecule has 1 saturated heterocycles. The van der Waals surface area contributed by atoms with E-state index in [4.69, 9.17) is 0 Å². The Hall–Kier alpha value is -0.810. The van der Waals surface area contributed by atoms with E-state index in [0.29, 0.717) is 6.04 Å². The summed E-state index contributed by atoms with van der Waals surface area (Å²) in [5.74, 6) is 0. The number of piperazine rings is 1. The van der Waals surface area contributed by atoms with Gasteiger partial charge in [-0.1, -0.05) is 0 Å². The van der Waals surface area contributed by atoms with Gasteiger partial charge in [0, 0.05) is 58.4 Å². The lowest BCUT2D eigenvalue weighted by Crippen LogP contribution is -2.54. The molecule has 1 aliphatic rings. The minimum Gasteiger partial charge on any atom is -0.325 e. The SMILES string of the molecule is CC(C)N(C)CCN1CCN(C(=O)N(C)C(C)C)CC1. The Morgan fingerprint density at radius 1 is 1.00 bits per heavy atom. The molecule has 0 atom stereocenters. The quantitative estimate of drug-likeness (QED) is 0.764. The number of hydrogen-bond acceptors (Lipinski definition) is 3. The molecule has 0 unspecified atom stereocenters. The van der Waals surface area contributed by atoms with Gasteiger partial charge in [-0.05, 0) is 34.7 Å². The monoisotopic (exact) mass is 284 g/mol. The molecule has 5 heteroatoms. The Morgan fingerprint density at radius 3 is 2.00 bits per heavy atom. The van der Waals surface area contributed by atoms with Crippen LogP contribution < -0.4 is 0 Å². The molecule has 1 rings (SSSR count). The summed E-state index contributed by atoms with van der Waals surface area (Å²) in [5.41, 5.74) is 0. The van der Waals surface area contributed by atoms with Gasteiger partial charge in [-0.25, -0.2) is 4.79 Å². The number of amides is 2. The van der Waals surface area contributed by atoms with Gasteiger partial charge in [0.1, 0.15) is 0 Å². The highest BCUT2D eigenvalue weighted by molar-refractivity contribution is 5.74. The molecule has 0 aromatic heterocycles. The van der Waals surface area contributed by atoms with Crippen LogP contribution in [0.15, 0.2) is 0 Å². The van der Waals surface area contributed by atoms with Crippen molar-refractivity contribution in [3.63, 3.8) is 0 Å². The molecule has 0 aliphatic carbocycles. The zero-order valence-electron chi connectivity index (χ0n) is 14.1. The molecule has 118 valence electrons. The van der Waals surface area contributed by atoms with Crippen LogP contribution >= 0.6 is 0 Å². The minimum absolute atomic E-state index is 0.166. The fourth-order valence-corrected chi connectivity index (χ4v) is 2.16. The number of likely N-dealkylation sites (N-methyl/N-ethyl adjacent to an activating group) is 1. The third-order valence-corrected chi connectivity index (χ3v) is 4.37. The lowest BCUT2D eigenvalue weighted by molar-refractivity contribution is 0.105. The minimum atomic E-state index is 0.166. The van der Waals surface area contributed by atoms with Crippen LogP contribution in [0.25, 0.3) is 0 Å². The van der Waals surface area contributed by atoms with E-state index in [1.54, 1.807) is 0 Å². The Balaban J connectivity index is 2.31. The van der Waals surface area contributed by atoms with Gasteiger partial charge in [-0.2, -0.15) is 0 Å². The van der Waals surface area contributed by atoms with Crippen LogP contribution in [-0.2, 0) is 0 Å². The van der Waals surface area contributed by atoms with Crippen LogP contribution in [0, 0.1) is 0 Å². The maximum atomic E-state index is 12.2. The third kappa shape index (κ3) is 4.94. The summed E-state index contributed by atoms with van der Waals surface area (Å²) in [7, 11) is 4.05. The van der Waals surface area contributed by atoms with Crippen LogP contribution in [0.5, 0.6) is 0 Å². The van der Waals surface area contributed by atoms with Crippen molar-refractivity contribution in [1.82, 2.24) is 19.6 Å². The molecular weight excluding hydrogens is 252 g/mol. The molecule has 0 aromatic rings. The van der Waals surface area contributed by atoms with E-state index in [2.05, 4.69) is 44.5 Å². The molecule has 0 radical (unpaired) electrons. The summed E-state index contributed by atoms with van der Waals surface area (Å²) < 4.78 is 0. The number of nitrogens with zero attached hydrogens (tertiary/aromatic N) is 4. The molecule has 2 amide bonds. The van der Waals surface area contributed by atoms with E-state index < -0.39 is 0 Å². The van der Waals surface area contributed by atoms with Gasteiger partial charge in [-0.3, -0.25) is 4.90 Å². The Labute approximate surface area is 124 Å². The molecule has 0 spiro atoms. The Morgan fingerprint density at radius 2 is 1.55 bits per heavy atom. The normalized spacial score (nSPS) is 17.4. The number of carbonyl (C=O) groups excluding carboxylic acids is 1. The molecule has 0 aromatic carbocycles. The van der Waals surface area contributed by atoms with Crippen molar-refractivity contribution >= 4 is 6.03 Å². The van der Waals surface area contributed by atoms with Gasteiger partial charge in [0.15, 0.2) is 0 Å². The van der Waals surface area contributed by atoms with Gasteiger partial charge >= 0.3 is 6.03 Å². The average Bonchev–Trinajstić information content (AvgIpc) is 2.43. The summed E-state index contributed by atoms with van der Waals surface area (Å²) in [6, 6.07) is 1.02. The summed E-state index contributed by atoms with van der Waals surface area (Å²) in [6.07, 6.45) is 0. The second-order valence-corrected chi connectivity index (χ2v) is 6.39. The highest BCUT2D eigenvalue weighted by atomic mass is 16.2. The summed E-state index contributed by atoms with van der Waals surface area (Å²) in [6.45, 7) is 14.4. The van der Waals surface area contributed by atoms with Gasteiger partial charge in [-0.15, -0.1) is 0 Å². The smallest absolute Gasteiger partial charge is 0.320 e. The Bertz CT molecular complexity index is 298. The fraction of sp³-hybridized carbons (Fsp3) is 0.933. The van der Waals surface area contributed by atoms with Gasteiger partial charge in [0.2, 0.25) is 0 Å². The van der Waals surface area contributed by atoms with Crippen LogP contribution in [0.2, 0.25) is 0 Å². The number of urea groups is 1.